The molecule has 124 valence electrons. The van der Waals surface area contributed by atoms with Crippen molar-refractivity contribution in [2.75, 3.05) is 0 Å². The minimum atomic E-state index is -4.83. The topological polar surface area (TPSA) is 127 Å². The van der Waals surface area contributed by atoms with E-state index in [4.69, 9.17) is 9.79 Å². The highest BCUT2D eigenvalue weighted by Gasteiger charge is 2.22. The van der Waals surface area contributed by atoms with Crippen LogP contribution in [0.1, 0.15) is 24.0 Å². The third-order valence-corrected chi connectivity index (χ3v) is 3.79. The lowest BCUT2D eigenvalue weighted by molar-refractivity contribution is 0.281. The molecule has 8 heteroatoms. The number of hydrogen-bond donors (Lipinski definition) is 5. The van der Waals surface area contributed by atoms with Gasteiger partial charge < -0.3 is 19.8 Å². The standard InChI is InChI=1S/C15H17O7P/c1-9(10-2-4-11(16)5-3-10)6-13-14(18)7-12(17)8-15(13)22-23(19,20)21/h2-5,7-9,16-18H,6H2,1H3,(H2,19,20,21). The molecule has 0 bridgehead atoms. The van der Waals surface area contributed by atoms with Crippen LogP contribution in [0.5, 0.6) is 23.0 Å². The van der Waals surface area contributed by atoms with Crippen molar-refractivity contribution in [3.8, 4) is 23.0 Å². The smallest absolute Gasteiger partial charge is 0.508 e. The summed E-state index contributed by atoms with van der Waals surface area (Å²) in [4.78, 5) is 17.9. The molecule has 0 spiro atoms. The first kappa shape index (κ1) is 17.1. The second kappa shape index (κ2) is 6.50. The highest BCUT2D eigenvalue weighted by Crippen LogP contribution is 2.44. The second-order valence-electron chi connectivity index (χ2n) is 5.22. The SMILES string of the molecule is CC(Cc1c(O)cc(O)cc1OP(=O)(O)O)c1ccc(O)cc1. The fraction of sp³-hybridized carbons (Fsp3) is 0.200. The van der Waals surface area contributed by atoms with Gasteiger partial charge in [-0.3, -0.25) is 9.79 Å². The van der Waals surface area contributed by atoms with Crippen molar-refractivity contribution in [3.63, 3.8) is 0 Å². The fourth-order valence-corrected chi connectivity index (χ4v) is 2.68. The average molecular weight is 340 g/mol. The first-order valence-corrected chi connectivity index (χ1v) is 8.27. The van der Waals surface area contributed by atoms with E-state index in [0.29, 0.717) is 0 Å². The third kappa shape index (κ3) is 4.63. The van der Waals surface area contributed by atoms with Gasteiger partial charge in [0.25, 0.3) is 0 Å². The molecule has 1 atom stereocenters. The molecule has 0 fully saturated rings. The molecule has 5 N–H and O–H groups in total. The van der Waals surface area contributed by atoms with Crippen LogP contribution in [0.15, 0.2) is 36.4 Å². The van der Waals surface area contributed by atoms with Crippen LogP contribution < -0.4 is 4.52 Å². The molecule has 0 saturated carbocycles. The van der Waals surface area contributed by atoms with Crippen molar-refractivity contribution in [1.82, 2.24) is 0 Å². The molecule has 0 aliphatic heterocycles. The van der Waals surface area contributed by atoms with Crippen molar-refractivity contribution in [3.05, 3.63) is 47.5 Å². The van der Waals surface area contributed by atoms with Crippen LogP contribution in [0.4, 0.5) is 0 Å². The van der Waals surface area contributed by atoms with E-state index in [9.17, 15) is 19.9 Å². The molecule has 0 aliphatic rings. The van der Waals surface area contributed by atoms with Crippen LogP contribution in [0.2, 0.25) is 0 Å². The Morgan fingerprint density at radius 1 is 1.04 bits per heavy atom. The molecule has 0 amide bonds. The summed E-state index contributed by atoms with van der Waals surface area (Å²) in [6.45, 7) is 1.85. The van der Waals surface area contributed by atoms with Crippen molar-refractivity contribution in [1.29, 1.82) is 0 Å². The van der Waals surface area contributed by atoms with Crippen molar-refractivity contribution in [2.45, 2.75) is 19.3 Å². The van der Waals surface area contributed by atoms with E-state index in [1.165, 1.54) is 12.1 Å². The molecular weight excluding hydrogens is 323 g/mol. The van der Waals surface area contributed by atoms with Crippen LogP contribution >= 0.6 is 7.82 Å². The van der Waals surface area contributed by atoms with Crippen molar-refractivity contribution in [2.24, 2.45) is 0 Å². The summed E-state index contributed by atoms with van der Waals surface area (Å²) >= 11 is 0. The molecule has 0 aromatic heterocycles. The summed E-state index contributed by atoms with van der Waals surface area (Å²) in [5.74, 6) is -0.975. The van der Waals surface area contributed by atoms with E-state index < -0.39 is 7.82 Å². The Morgan fingerprint density at radius 3 is 2.22 bits per heavy atom. The van der Waals surface area contributed by atoms with Gasteiger partial charge in [-0.05, 0) is 30.0 Å². The van der Waals surface area contributed by atoms with Gasteiger partial charge in [-0.25, -0.2) is 4.57 Å². The van der Waals surface area contributed by atoms with Gasteiger partial charge in [0.1, 0.15) is 23.0 Å². The van der Waals surface area contributed by atoms with Crippen molar-refractivity contribution >= 4 is 7.82 Å². The summed E-state index contributed by atoms with van der Waals surface area (Å²) in [6, 6.07) is 8.58. The van der Waals surface area contributed by atoms with Crippen LogP contribution in [0.3, 0.4) is 0 Å². The van der Waals surface area contributed by atoms with E-state index in [-0.39, 0.29) is 40.9 Å². The van der Waals surface area contributed by atoms with Crippen LogP contribution in [0, 0.1) is 0 Å². The molecule has 2 rings (SSSR count). The Kier molecular flexibility index (Phi) is 4.85. The molecule has 1 unspecified atom stereocenters. The largest absolute Gasteiger partial charge is 0.524 e. The minimum Gasteiger partial charge on any atom is -0.508 e. The first-order chi connectivity index (χ1) is 10.7. The molecular formula is C15H17O7P. The third-order valence-electron chi connectivity index (χ3n) is 3.36. The second-order valence-corrected chi connectivity index (χ2v) is 6.38. The zero-order valence-corrected chi connectivity index (χ0v) is 13.1. The Morgan fingerprint density at radius 2 is 1.65 bits per heavy atom. The zero-order chi connectivity index (χ0) is 17.2. The molecule has 0 heterocycles. The summed E-state index contributed by atoms with van der Waals surface area (Å²) in [6.07, 6.45) is 0.215. The fourth-order valence-electron chi connectivity index (χ4n) is 2.26. The predicted octanol–water partition coefficient (Wildman–Crippen LogP) is 2.62. The van der Waals surface area contributed by atoms with Crippen molar-refractivity contribution < 1.29 is 34.2 Å². The number of phosphoric acid groups is 1. The van der Waals surface area contributed by atoms with Crippen LogP contribution in [-0.4, -0.2) is 25.1 Å². The van der Waals surface area contributed by atoms with Gasteiger partial charge in [-0.1, -0.05) is 19.1 Å². The molecule has 7 nitrogen and oxygen atoms in total. The summed E-state index contributed by atoms with van der Waals surface area (Å²) in [5, 5.41) is 28.8. The molecule has 0 saturated heterocycles. The number of aromatic hydroxyl groups is 3. The quantitative estimate of drug-likeness (QED) is 0.529. The minimum absolute atomic E-state index is 0.124. The normalized spacial score (nSPS) is 12.8. The van der Waals surface area contributed by atoms with Gasteiger partial charge in [0.05, 0.1) is 0 Å². The number of rotatable bonds is 5. The lowest BCUT2D eigenvalue weighted by Crippen LogP contribution is -2.02. The van der Waals surface area contributed by atoms with Gasteiger partial charge >= 0.3 is 7.82 Å². The Balaban J connectivity index is 2.34. The van der Waals surface area contributed by atoms with Gasteiger partial charge in [0, 0.05) is 17.7 Å². The van der Waals surface area contributed by atoms with Gasteiger partial charge in [0.15, 0.2) is 0 Å². The van der Waals surface area contributed by atoms with E-state index in [2.05, 4.69) is 4.52 Å². The van der Waals surface area contributed by atoms with Gasteiger partial charge in [-0.2, -0.15) is 0 Å². The lowest BCUT2D eigenvalue weighted by Gasteiger charge is -2.17. The van der Waals surface area contributed by atoms with Gasteiger partial charge in [-0.15, -0.1) is 0 Å². The maximum atomic E-state index is 11.0. The monoisotopic (exact) mass is 340 g/mol. The maximum Gasteiger partial charge on any atom is 0.524 e. The van der Waals surface area contributed by atoms with Crippen LogP contribution in [0.25, 0.3) is 0 Å². The molecule has 0 aliphatic carbocycles. The summed E-state index contributed by atoms with van der Waals surface area (Å²) in [7, 11) is -4.83. The van der Waals surface area contributed by atoms with E-state index in [1.807, 2.05) is 6.92 Å². The van der Waals surface area contributed by atoms with E-state index >= 15 is 0 Å². The predicted molar refractivity (Wildman–Crippen MR) is 82.7 cm³/mol. The highest BCUT2D eigenvalue weighted by atomic mass is 31.2. The molecule has 2 aromatic rings. The number of benzene rings is 2. The number of hydrogen-bond acceptors (Lipinski definition) is 5. The summed E-state index contributed by atoms with van der Waals surface area (Å²) < 4.78 is 15.6. The highest BCUT2D eigenvalue weighted by molar-refractivity contribution is 7.46. The van der Waals surface area contributed by atoms with E-state index in [1.54, 1.807) is 12.1 Å². The number of phenolic OH excluding ortho intramolecular Hbond substituents is 3. The Hall–Kier alpha value is -2.21. The zero-order valence-electron chi connectivity index (χ0n) is 12.2. The Labute approximate surface area is 132 Å². The number of phenols is 3. The average Bonchev–Trinajstić information content (AvgIpc) is 2.41. The maximum absolute atomic E-state index is 11.0. The number of phosphoric ester groups is 1. The van der Waals surface area contributed by atoms with Gasteiger partial charge in [0.2, 0.25) is 0 Å². The van der Waals surface area contributed by atoms with Crippen LogP contribution in [-0.2, 0) is 11.0 Å². The van der Waals surface area contributed by atoms with E-state index in [0.717, 1.165) is 17.7 Å². The first-order valence-electron chi connectivity index (χ1n) is 6.74. The molecule has 2 aromatic carbocycles. The Bertz CT molecular complexity index is 736. The lowest BCUT2D eigenvalue weighted by atomic mass is 9.92. The molecule has 23 heavy (non-hydrogen) atoms. The summed E-state index contributed by atoms with van der Waals surface area (Å²) in [5.41, 5.74) is 1.03. The molecule has 0 radical (unpaired) electrons.